The number of hydrazone groups is 1. The Morgan fingerprint density at radius 2 is 1.90 bits per heavy atom. The number of amides is 1. The number of nitrogens with one attached hydrogen (secondary N) is 1. The first-order valence-corrected chi connectivity index (χ1v) is 6.73. The molecule has 2 aromatic rings. The Labute approximate surface area is 124 Å². The zero-order chi connectivity index (χ0) is 15.1. The minimum Gasteiger partial charge on any atom is -0.484 e. The van der Waals surface area contributed by atoms with Crippen LogP contribution in [0.2, 0.25) is 0 Å². The lowest BCUT2D eigenvalue weighted by Gasteiger charge is -2.06. The molecule has 0 saturated carbocycles. The number of benzene rings is 2. The lowest BCUT2D eigenvalue weighted by Crippen LogP contribution is -2.25. The molecule has 21 heavy (non-hydrogen) atoms. The molecule has 2 rings (SSSR count). The maximum atomic E-state index is 11.7. The van der Waals surface area contributed by atoms with E-state index >= 15 is 0 Å². The highest BCUT2D eigenvalue weighted by Gasteiger charge is 2.02. The number of carbonyl (C=O) groups excluding carboxylic acids is 1. The molecule has 108 valence electrons. The largest absolute Gasteiger partial charge is 0.484 e. The summed E-state index contributed by atoms with van der Waals surface area (Å²) in [5, 5.41) is 4.08. The van der Waals surface area contributed by atoms with Gasteiger partial charge in [0, 0.05) is 0 Å². The minimum absolute atomic E-state index is 0.0609. The lowest BCUT2D eigenvalue weighted by atomic mass is 10.1. The monoisotopic (exact) mass is 282 g/mol. The first-order valence-electron chi connectivity index (χ1n) is 6.73. The zero-order valence-electron chi connectivity index (χ0n) is 12.2. The second-order valence-electron chi connectivity index (χ2n) is 4.70. The summed E-state index contributed by atoms with van der Waals surface area (Å²) in [6.45, 7) is 3.81. The van der Waals surface area contributed by atoms with E-state index < -0.39 is 0 Å². The molecule has 0 heterocycles. The summed E-state index contributed by atoms with van der Waals surface area (Å²) in [6.07, 6.45) is 0. The van der Waals surface area contributed by atoms with Gasteiger partial charge in [0.05, 0.1) is 5.71 Å². The maximum absolute atomic E-state index is 11.7. The smallest absolute Gasteiger partial charge is 0.277 e. The number of carbonyl (C=O) groups is 1. The van der Waals surface area contributed by atoms with Gasteiger partial charge in [-0.2, -0.15) is 5.10 Å². The highest BCUT2D eigenvalue weighted by atomic mass is 16.5. The Hall–Kier alpha value is -2.62. The summed E-state index contributed by atoms with van der Waals surface area (Å²) in [6, 6.07) is 17.2. The molecular weight excluding hydrogens is 264 g/mol. The molecule has 0 saturated heterocycles. The van der Waals surface area contributed by atoms with Crippen molar-refractivity contribution in [2.45, 2.75) is 13.8 Å². The van der Waals surface area contributed by atoms with Crippen LogP contribution in [0.5, 0.6) is 5.75 Å². The van der Waals surface area contributed by atoms with Gasteiger partial charge in [0.1, 0.15) is 5.75 Å². The number of nitrogens with zero attached hydrogens (tertiary/aromatic N) is 1. The van der Waals surface area contributed by atoms with E-state index in [-0.39, 0.29) is 12.5 Å². The molecule has 2 aromatic carbocycles. The van der Waals surface area contributed by atoms with Gasteiger partial charge < -0.3 is 4.74 Å². The standard InChI is InChI=1S/C17H18N2O2/c1-13-7-6-8-15(11-13)14(2)18-19-17(20)12-21-16-9-4-3-5-10-16/h3-11H,12H2,1-2H3,(H,19,20)/b18-14+. The van der Waals surface area contributed by atoms with Crippen LogP contribution in [0.15, 0.2) is 59.7 Å². The average Bonchev–Trinajstić information content (AvgIpc) is 2.51. The molecule has 0 aliphatic heterocycles. The molecule has 0 atom stereocenters. The maximum Gasteiger partial charge on any atom is 0.277 e. The second kappa shape index (κ2) is 7.24. The van der Waals surface area contributed by atoms with E-state index in [1.165, 1.54) is 0 Å². The number of hydrogen-bond acceptors (Lipinski definition) is 3. The first kappa shape index (κ1) is 14.8. The van der Waals surface area contributed by atoms with Crippen molar-refractivity contribution >= 4 is 11.6 Å². The van der Waals surface area contributed by atoms with Gasteiger partial charge in [-0.05, 0) is 31.5 Å². The van der Waals surface area contributed by atoms with Crippen LogP contribution in [-0.2, 0) is 4.79 Å². The summed E-state index contributed by atoms with van der Waals surface area (Å²) in [7, 11) is 0. The SMILES string of the molecule is C/C(=N\NC(=O)COc1ccccc1)c1cccc(C)c1. The van der Waals surface area contributed by atoms with E-state index in [1.54, 1.807) is 12.1 Å². The Kier molecular flexibility index (Phi) is 5.10. The molecule has 0 fully saturated rings. The van der Waals surface area contributed by atoms with Crippen LogP contribution < -0.4 is 10.2 Å². The molecule has 0 bridgehead atoms. The fraction of sp³-hybridized carbons (Fsp3) is 0.176. The number of aryl methyl sites for hydroxylation is 1. The van der Waals surface area contributed by atoms with Gasteiger partial charge in [0.2, 0.25) is 0 Å². The van der Waals surface area contributed by atoms with E-state index in [4.69, 9.17) is 4.74 Å². The van der Waals surface area contributed by atoms with Crippen LogP contribution in [0.25, 0.3) is 0 Å². The van der Waals surface area contributed by atoms with Crippen LogP contribution in [-0.4, -0.2) is 18.2 Å². The predicted molar refractivity (Wildman–Crippen MR) is 83.5 cm³/mol. The molecule has 0 aliphatic carbocycles. The van der Waals surface area contributed by atoms with Crippen molar-refractivity contribution < 1.29 is 9.53 Å². The molecule has 0 unspecified atom stereocenters. The molecule has 0 aliphatic rings. The van der Waals surface area contributed by atoms with Crippen molar-refractivity contribution in [2.24, 2.45) is 5.10 Å². The fourth-order valence-corrected chi connectivity index (χ4v) is 1.78. The van der Waals surface area contributed by atoms with Crippen molar-refractivity contribution in [3.8, 4) is 5.75 Å². The Morgan fingerprint density at radius 1 is 1.14 bits per heavy atom. The highest BCUT2D eigenvalue weighted by molar-refractivity contribution is 5.99. The predicted octanol–water partition coefficient (Wildman–Crippen LogP) is 2.91. The van der Waals surface area contributed by atoms with Crippen LogP contribution in [0.3, 0.4) is 0 Å². The van der Waals surface area contributed by atoms with Gasteiger partial charge in [-0.1, -0.05) is 48.0 Å². The molecule has 0 aromatic heterocycles. The van der Waals surface area contributed by atoms with Gasteiger partial charge in [-0.3, -0.25) is 4.79 Å². The van der Waals surface area contributed by atoms with Gasteiger partial charge in [0.25, 0.3) is 5.91 Å². The number of hydrogen-bond donors (Lipinski definition) is 1. The van der Waals surface area contributed by atoms with Crippen LogP contribution in [0.4, 0.5) is 0 Å². The molecular formula is C17H18N2O2. The topological polar surface area (TPSA) is 50.7 Å². The number of ether oxygens (including phenoxy) is 1. The number of rotatable bonds is 5. The zero-order valence-corrected chi connectivity index (χ0v) is 12.2. The van der Waals surface area contributed by atoms with Crippen molar-refractivity contribution in [3.63, 3.8) is 0 Å². The van der Waals surface area contributed by atoms with Crippen LogP contribution >= 0.6 is 0 Å². The van der Waals surface area contributed by atoms with Gasteiger partial charge in [0.15, 0.2) is 6.61 Å². The van der Waals surface area contributed by atoms with Gasteiger partial charge >= 0.3 is 0 Å². The lowest BCUT2D eigenvalue weighted by molar-refractivity contribution is -0.123. The van der Waals surface area contributed by atoms with E-state index in [2.05, 4.69) is 10.5 Å². The molecule has 4 nitrogen and oxygen atoms in total. The van der Waals surface area contributed by atoms with E-state index in [9.17, 15) is 4.79 Å². The molecule has 1 N–H and O–H groups in total. The Bertz CT molecular complexity index is 636. The minimum atomic E-state index is -0.286. The molecule has 4 heteroatoms. The molecule has 1 amide bonds. The third kappa shape index (κ3) is 4.76. The Balaban J connectivity index is 1.87. The van der Waals surface area contributed by atoms with E-state index in [0.717, 1.165) is 16.8 Å². The summed E-state index contributed by atoms with van der Waals surface area (Å²) in [5.74, 6) is 0.373. The fourth-order valence-electron chi connectivity index (χ4n) is 1.78. The van der Waals surface area contributed by atoms with Crippen molar-refractivity contribution in [2.75, 3.05) is 6.61 Å². The second-order valence-corrected chi connectivity index (χ2v) is 4.70. The average molecular weight is 282 g/mol. The first-order chi connectivity index (χ1) is 10.1. The van der Waals surface area contributed by atoms with E-state index in [1.807, 2.05) is 56.3 Å². The quantitative estimate of drug-likeness (QED) is 0.677. The van der Waals surface area contributed by atoms with Crippen molar-refractivity contribution in [1.82, 2.24) is 5.43 Å². The Morgan fingerprint density at radius 3 is 2.62 bits per heavy atom. The third-order valence-electron chi connectivity index (χ3n) is 2.90. The molecule has 0 radical (unpaired) electrons. The van der Waals surface area contributed by atoms with Gasteiger partial charge in [-0.25, -0.2) is 5.43 Å². The summed E-state index contributed by atoms with van der Waals surface area (Å²) >= 11 is 0. The number of para-hydroxylation sites is 1. The molecule has 0 spiro atoms. The van der Waals surface area contributed by atoms with E-state index in [0.29, 0.717) is 5.75 Å². The highest BCUT2D eigenvalue weighted by Crippen LogP contribution is 2.07. The van der Waals surface area contributed by atoms with Crippen molar-refractivity contribution in [1.29, 1.82) is 0 Å². The van der Waals surface area contributed by atoms with Crippen LogP contribution in [0, 0.1) is 6.92 Å². The summed E-state index contributed by atoms with van der Waals surface area (Å²) < 4.78 is 5.34. The van der Waals surface area contributed by atoms with Crippen molar-refractivity contribution in [3.05, 3.63) is 65.7 Å². The van der Waals surface area contributed by atoms with Crippen LogP contribution in [0.1, 0.15) is 18.1 Å². The summed E-state index contributed by atoms with van der Waals surface area (Å²) in [5.41, 5.74) is 5.39. The third-order valence-corrected chi connectivity index (χ3v) is 2.90. The normalized spacial score (nSPS) is 11.0. The summed E-state index contributed by atoms with van der Waals surface area (Å²) in [4.78, 5) is 11.7. The van der Waals surface area contributed by atoms with Gasteiger partial charge in [-0.15, -0.1) is 0 Å².